The van der Waals surface area contributed by atoms with Crippen molar-refractivity contribution in [2.45, 2.75) is 25.5 Å². The predicted octanol–water partition coefficient (Wildman–Crippen LogP) is 3.49. The average molecular weight is 341 g/mol. The highest BCUT2D eigenvalue weighted by Crippen LogP contribution is 2.22. The third kappa shape index (κ3) is 4.08. The van der Waals surface area contributed by atoms with Crippen LogP contribution in [-0.2, 0) is 11.3 Å². The number of aryl methyl sites for hydroxylation is 2. The van der Waals surface area contributed by atoms with Gasteiger partial charge in [-0.25, -0.2) is 4.98 Å². The van der Waals surface area contributed by atoms with E-state index in [0.29, 0.717) is 12.3 Å². The van der Waals surface area contributed by atoms with Crippen LogP contribution in [0, 0.1) is 13.8 Å². The van der Waals surface area contributed by atoms with Gasteiger partial charge in [0, 0.05) is 18.1 Å². The number of hydrogen-bond acceptors (Lipinski definition) is 4. The van der Waals surface area contributed by atoms with Gasteiger partial charge < -0.3 is 9.73 Å². The van der Waals surface area contributed by atoms with E-state index in [-0.39, 0.29) is 5.91 Å². The molecule has 0 aliphatic carbocycles. The molecule has 5 nitrogen and oxygen atoms in total. The Bertz CT molecular complexity index is 804. The number of carbonyl (C=O) groups is 1. The molecule has 0 saturated heterocycles. The van der Waals surface area contributed by atoms with Gasteiger partial charge in [-0.1, -0.05) is 17.8 Å². The van der Waals surface area contributed by atoms with Crippen LogP contribution in [0.2, 0.25) is 0 Å². The van der Waals surface area contributed by atoms with Crippen LogP contribution in [-0.4, -0.2) is 21.2 Å². The Morgan fingerprint density at radius 2 is 2.08 bits per heavy atom. The predicted molar refractivity (Wildman–Crippen MR) is 94.3 cm³/mol. The molecule has 2 aromatic heterocycles. The fourth-order valence-electron chi connectivity index (χ4n) is 2.46. The van der Waals surface area contributed by atoms with E-state index in [1.165, 1.54) is 22.9 Å². The SMILES string of the molecule is Cc1cc(C)cc(-n2ccnc2SCC(=O)NCc2ccco2)c1. The van der Waals surface area contributed by atoms with Gasteiger partial charge in [0.1, 0.15) is 5.76 Å². The highest BCUT2D eigenvalue weighted by molar-refractivity contribution is 7.99. The quantitative estimate of drug-likeness (QED) is 0.697. The average Bonchev–Trinajstić information content (AvgIpc) is 3.21. The zero-order valence-electron chi connectivity index (χ0n) is 13.7. The monoisotopic (exact) mass is 341 g/mol. The summed E-state index contributed by atoms with van der Waals surface area (Å²) in [5.41, 5.74) is 3.46. The minimum atomic E-state index is -0.0497. The van der Waals surface area contributed by atoms with Crippen LogP contribution in [0.15, 0.2) is 58.6 Å². The van der Waals surface area contributed by atoms with Crippen molar-refractivity contribution < 1.29 is 9.21 Å². The Morgan fingerprint density at radius 3 is 2.79 bits per heavy atom. The largest absolute Gasteiger partial charge is 0.467 e. The van der Waals surface area contributed by atoms with Gasteiger partial charge in [-0.2, -0.15) is 0 Å². The molecule has 0 spiro atoms. The molecule has 2 heterocycles. The van der Waals surface area contributed by atoms with Gasteiger partial charge in [-0.15, -0.1) is 0 Å². The normalized spacial score (nSPS) is 10.8. The molecule has 0 bridgehead atoms. The number of amides is 1. The Hall–Kier alpha value is -2.47. The van der Waals surface area contributed by atoms with Gasteiger partial charge in [0.15, 0.2) is 5.16 Å². The highest BCUT2D eigenvalue weighted by atomic mass is 32.2. The molecule has 0 atom stereocenters. The van der Waals surface area contributed by atoms with Crippen molar-refractivity contribution in [3.63, 3.8) is 0 Å². The second-order valence-corrected chi connectivity index (χ2v) is 6.51. The first-order valence-electron chi connectivity index (χ1n) is 7.66. The number of thioether (sulfide) groups is 1. The molecule has 0 radical (unpaired) electrons. The van der Waals surface area contributed by atoms with Crippen molar-refractivity contribution in [2.24, 2.45) is 0 Å². The van der Waals surface area contributed by atoms with Gasteiger partial charge in [-0.3, -0.25) is 9.36 Å². The van der Waals surface area contributed by atoms with Crippen LogP contribution >= 0.6 is 11.8 Å². The summed E-state index contributed by atoms with van der Waals surface area (Å²) in [5.74, 6) is 0.999. The zero-order valence-corrected chi connectivity index (χ0v) is 14.5. The van der Waals surface area contributed by atoms with Gasteiger partial charge in [0.05, 0.1) is 18.6 Å². The van der Waals surface area contributed by atoms with Gasteiger partial charge in [0.2, 0.25) is 5.91 Å². The standard InChI is InChI=1S/C18H19N3O2S/c1-13-8-14(2)10-15(9-13)21-6-5-19-18(21)24-12-17(22)20-11-16-4-3-7-23-16/h3-10H,11-12H2,1-2H3,(H,20,22). The Kier molecular flexibility index (Phi) is 5.05. The topological polar surface area (TPSA) is 60.1 Å². The van der Waals surface area contributed by atoms with E-state index in [1.807, 2.05) is 16.8 Å². The molecular weight excluding hydrogens is 322 g/mol. The Morgan fingerprint density at radius 1 is 1.29 bits per heavy atom. The highest BCUT2D eigenvalue weighted by Gasteiger charge is 2.10. The van der Waals surface area contributed by atoms with Crippen LogP contribution in [0.5, 0.6) is 0 Å². The lowest BCUT2D eigenvalue weighted by molar-refractivity contribution is -0.118. The van der Waals surface area contributed by atoms with Crippen LogP contribution < -0.4 is 5.32 Å². The van der Waals surface area contributed by atoms with E-state index in [9.17, 15) is 4.79 Å². The van der Waals surface area contributed by atoms with Crippen molar-refractivity contribution in [3.8, 4) is 5.69 Å². The number of hydrogen-bond donors (Lipinski definition) is 1. The van der Waals surface area contributed by atoms with Crippen LogP contribution in [0.1, 0.15) is 16.9 Å². The first-order valence-corrected chi connectivity index (χ1v) is 8.64. The summed E-state index contributed by atoms with van der Waals surface area (Å²) in [6.07, 6.45) is 5.26. The summed E-state index contributed by atoms with van der Waals surface area (Å²) >= 11 is 1.41. The molecule has 124 valence electrons. The molecule has 1 amide bonds. The summed E-state index contributed by atoms with van der Waals surface area (Å²) < 4.78 is 7.20. The van der Waals surface area contributed by atoms with E-state index in [2.05, 4.69) is 42.3 Å². The number of rotatable bonds is 6. The first-order chi connectivity index (χ1) is 11.6. The third-order valence-electron chi connectivity index (χ3n) is 3.46. The molecule has 1 N–H and O–H groups in total. The summed E-state index contributed by atoms with van der Waals surface area (Å²) in [6, 6.07) is 9.98. The second kappa shape index (κ2) is 7.40. The van der Waals surface area contributed by atoms with Crippen LogP contribution in [0.25, 0.3) is 5.69 Å². The van der Waals surface area contributed by atoms with Crippen molar-refractivity contribution >= 4 is 17.7 Å². The lowest BCUT2D eigenvalue weighted by atomic mass is 10.1. The minimum absolute atomic E-state index is 0.0497. The number of carbonyl (C=O) groups excluding carboxylic acids is 1. The molecule has 0 aliphatic heterocycles. The van der Waals surface area contributed by atoms with Crippen molar-refractivity contribution in [2.75, 3.05) is 5.75 Å². The molecule has 0 fully saturated rings. The molecule has 0 aliphatic rings. The van der Waals surface area contributed by atoms with E-state index in [1.54, 1.807) is 18.5 Å². The van der Waals surface area contributed by atoms with Crippen molar-refractivity contribution in [3.05, 3.63) is 65.9 Å². The Balaban J connectivity index is 1.62. The van der Waals surface area contributed by atoms with Crippen molar-refractivity contribution in [1.82, 2.24) is 14.9 Å². The molecule has 6 heteroatoms. The van der Waals surface area contributed by atoms with Crippen LogP contribution in [0.4, 0.5) is 0 Å². The maximum Gasteiger partial charge on any atom is 0.230 e. The minimum Gasteiger partial charge on any atom is -0.467 e. The zero-order chi connectivity index (χ0) is 16.9. The Labute approximate surface area is 145 Å². The van der Waals surface area contributed by atoms with E-state index >= 15 is 0 Å². The molecule has 0 unspecified atom stereocenters. The first kappa shape index (κ1) is 16.4. The van der Waals surface area contributed by atoms with E-state index in [0.717, 1.165) is 16.6 Å². The van der Waals surface area contributed by atoms with Gasteiger partial charge in [-0.05, 0) is 49.2 Å². The summed E-state index contributed by atoms with van der Waals surface area (Å²) in [5, 5.41) is 3.63. The maximum atomic E-state index is 12.0. The lowest BCUT2D eigenvalue weighted by Gasteiger charge is -2.09. The molecule has 0 saturated carbocycles. The fourth-order valence-corrected chi connectivity index (χ4v) is 3.27. The van der Waals surface area contributed by atoms with E-state index < -0.39 is 0 Å². The summed E-state index contributed by atoms with van der Waals surface area (Å²) in [4.78, 5) is 16.3. The molecule has 3 rings (SSSR count). The van der Waals surface area contributed by atoms with Gasteiger partial charge >= 0.3 is 0 Å². The summed E-state index contributed by atoms with van der Waals surface area (Å²) in [6.45, 7) is 4.54. The molecular formula is C18H19N3O2S. The van der Waals surface area contributed by atoms with Crippen molar-refractivity contribution in [1.29, 1.82) is 0 Å². The van der Waals surface area contributed by atoms with Gasteiger partial charge in [0.25, 0.3) is 0 Å². The fraction of sp³-hybridized carbons (Fsp3) is 0.222. The lowest BCUT2D eigenvalue weighted by Crippen LogP contribution is -2.24. The third-order valence-corrected chi connectivity index (χ3v) is 4.43. The second-order valence-electron chi connectivity index (χ2n) is 5.57. The number of nitrogens with zero attached hydrogens (tertiary/aromatic N) is 2. The number of furan rings is 1. The van der Waals surface area contributed by atoms with Crippen LogP contribution in [0.3, 0.4) is 0 Å². The smallest absolute Gasteiger partial charge is 0.230 e. The molecule has 3 aromatic rings. The summed E-state index contributed by atoms with van der Waals surface area (Å²) in [7, 11) is 0. The number of benzene rings is 1. The molecule has 24 heavy (non-hydrogen) atoms. The maximum absolute atomic E-state index is 12.0. The number of nitrogens with one attached hydrogen (secondary N) is 1. The van der Waals surface area contributed by atoms with E-state index in [4.69, 9.17) is 4.42 Å². The number of imidazole rings is 1. The molecule has 1 aromatic carbocycles. The number of aromatic nitrogens is 2.